The van der Waals surface area contributed by atoms with E-state index in [9.17, 15) is 0 Å². The second-order valence-electron chi connectivity index (χ2n) is 7.34. The minimum atomic E-state index is 0.838. The van der Waals surface area contributed by atoms with Gasteiger partial charge >= 0.3 is 0 Å². The van der Waals surface area contributed by atoms with Crippen molar-refractivity contribution in [3.63, 3.8) is 0 Å². The Morgan fingerprint density at radius 1 is 0.815 bits per heavy atom. The summed E-state index contributed by atoms with van der Waals surface area (Å²) in [4.78, 5) is 4.67. The third-order valence-electron chi connectivity index (χ3n) is 4.98. The zero-order chi connectivity index (χ0) is 18.6. The maximum absolute atomic E-state index is 5.91. The van der Waals surface area contributed by atoms with Crippen molar-refractivity contribution in [3.05, 3.63) is 72.2 Å². The summed E-state index contributed by atoms with van der Waals surface area (Å²) in [6.07, 6.45) is 3.00. The molecule has 0 N–H and O–H groups in total. The van der Waals surface area contributed by atoms with Crippen LogP contribution in [0, 0.1) is 0 Å². The lowest BCUT2D eigenvalue weighted by Gasteiger charge is -2.19. The molecule has 4 heteroatoms. The average molecular weight is 362 g/mol. The molecule has 2 aromatic carbocycles. The zero-order valence-electron chi connectivity index (χ0n) is 16.0. The molecule has 0 radical (unpaired) electrons. The van der Waals surface area contributed by atoms with Crippen LogP contribution in [0.5, 0.6) is 0 Å². The number of para-hydroxylation sites is 2. The lowest BCUT2D eigenvalue weighted by molar-refractivity contribution is 0.259. The fourth-order valence-electron chi connectivity index (χ4n) is 3.60. The molecule has 4 aromatic rings. The summed E-state index contributed by atoms with van der Waals surface area (Å²) in [6, 6.07) is 18.5. The van der Waals surface area contributed by atoms with Gasteiger partial charge in [-0.3, -0.25) is 4.90 Å². The van der Waals surface area contributed by atoms with Gasteiger partial charge in [-0.05, 0) is 51.8 Å². The monoisotopic (exact) mass is 362 g/mol. The summed E-state index contributed by atoms with van der Waals surface area (Å²) in [6.45, 7) is 3.83. The standard InChI is InChI=1S/C23H26N2O2/c1-24(15-19-17-26-23-11-6-4-9-21(19)23)12-7-13-25(2)16-20-14-18-8-3-5-10-22(18)27-20/h3-6,8-11,14,17H,7,12-13,15-16H2,1-2H3. The van der Waals surface area contributed by atoms with Crippen molar-refractivity contribution in [2.24, 2.45) is 0 Å². The topological polar surface area (TPSA) is 32.8 Å². The van der Waals surface area contributed by atoms with E-state index in [4.69, 9.17) is 8.83 Å². The van der Waals surface area contributed by atoms with E-state index in [0.717, 1.165) is 49.5 Å². The van der Waals surface area contributed by atoms with Crippen molar-refractivity contribution in [3.8, 4) is 0 Å². The van der Waals surface area contributed by atoms with Crippen LogP contribution in [0.2, 0.25) is 0 Å². The summed E-state index contributed by atoms with van der Waals surface area (Å²) in [7, 11) is 4.32. The SMILES string of the molecule is CN(CCCN(C)Cc1coc2ccccc12)Cc1cc2ccccc2o1. The van der Waals surface area contributed by atoms with Gasteiger partial charge in [0, 0.05) is 22.9 Å². The number of fused-ring (bicyclic) bond motifs is 2. The minimum absolute atomic E-state index is 0.838. The van der Waals surface area contributed by atoms with Gasteiger partial charge in [0.25, 0.3) is 0 Å². The third kappa shape index (κ3) is 4.24. The second-order valence-corrected chi connectivity index (χ2v) is 7.34. The molecule has 140 valence electrons. The van der Waals surface area contributed by atoms with E-state index in [0.29, 0.717) is 0 Å². The number of hydrogen-bond acceptors (Lipinski definition) is 4. The molecule has 0 unspecified atom stereocenters. The van der Waals surface area contributed by atoms with E-state index in [1.165, 1.54) is 16.3 Å². The van der Waals surface area contributed by atoms with E-state index in [1.54, 1.807) is 0 Å². The highest BCUT2D eigenvalue weighted by molar-refractivity contribution is 5.80. The largest absolute Gasteiger partial charge is 0.464 e. The van der Waals surface area contributed by atoms with E-state index in [1.807, 2.05) is 36.6 Å². The van der Waals surface area contributed by atoms with Crippen LogP contribution < -0.4 is 0 Å². The van der Waals surface area contributed by atoms with Crippen molar-refractivity contribution >= 4 is 21.9 Å². The summed E-state index contributed by atoms with van der Waals surface area (Å²) >= 11 is 0. The Balaban J connectivity index is 1.25. The molecule has 2 aromatic heterocycles. The first-order chi connectivity index (χ1) is 13.2. The normalized spacial score (nSPS) is 12.0. The van der Waals surface area contributed by atoms with Crippen LogP contribution in [0.4, 0.5) is 0 Å². The van der Waals surface area contributed by atoms with E-state index < -0.39 is 0 Å². The van der Waals surface area contributed by atoms with Gasteiger partial charge in [-0.15, -0.1) is 0 Å². The van der Waals surface area contributed by atoms with Crippen LogP contribution in [-0.2, 0) is 13.1 Å². The number of nitrogens with zero attached hydrogens (tertiary/aromatic N) is 2. The van der Waals surface area contributed by atoms with Gasteiger partial charge in [-0.25, -0.2) is 0 Å². The Morgan fingerprint density at radius 2 is 1.52 bits per heavy atom. The van der Waals surface area contributed by atoms with Crippen LogP contribution in [0.15, 0.2) is 69.7 Å². The molecule has 0 spiro atoms. The molecule has 0 atom stereocenters. The van der Waals surface area contributed by atoms with Crippen LogP contribution in [0.1, 0.15) is 17.7 Å². The van der Waals surface area contributed by atoms with E-state index in [2.05, 4.69) is 48.2 Å². The number of furan rings is 2. The van der Waals surface area contributed by atoms with Crippen molar-refractivity contribution in [1.82, 2.24) is 9.80 Å². The van der Waals surface area contributed by atoms with E-state index >= 15 is 0 Å². The molecule has 0 aliphatic heterocycles. The van der Waals surface area contributed by atoms with Crippen molar-refractivity contribution in [2.75, 3.05) is 27.2 Å². The summed E-state index contributed by atoms with van der Waals surface area (Å²) in [5.41, 5.74) is 3.18. The zero-order valence-corrected chi connectivity index (χ0v) is 16.0. The predicted octanol–water partition coefficient (Wildman–Crippen LogP) is 5.13. The van der Waals surface area contributed by atoms with Gasteiger partial charge in [0.15, 0.2) is 0 Å². The highest BCUT2D eigenvalue weighted by atomic mass is 16.3. The molecule has 2 heterocycles. The molecule has 0 saturated heterocycles. The first kappa shape index (κ1) is 17.8. The first-order valence-corrected chi connectivity index (χ1v) is 9.49. The highest BCUT2D eigenvalue weighted by Crippen LogP contribution is 2.22. The molecule has 0 saturated carbocycles. The van der Waals surface area contributed by atoms with Crippen molar-refractivity contribution in [2.45, 2.75) is 19.5 Å². The molecule has 0 aliphatic rings. The number of hydrogen-bond donors (Lipinski definition) is 0. The van der Waals surface area contributed by atoms with Gasteiger partial charge in [-0.1, -0.05) is 36.4 Å². The lowest BCUT2D eigenvalue weighted by Crippen LogP contribution is -2.25. The first-order valence-electron chi connectivity index (χ1n) is 9.49. The predicted molar refractivity (Wildman–Crippen MR) is 110 cm³/mol. The van der Waals surface area contributed by atoms with Crippen LogP contribution >= 0.6 is 0 Å². The molecule has 0 aliphatic carbocycles. The van der Waals surface area contributed by atoms with Gasteiger partial charge < -0.3 is 13.7 Å². The summed E-state index contributed by atoms with van der Waals surface area (Å²) in [5.74, 6) is 1.02. The van der Waals surface area contributed by atoms with E-state index in [-0.39, 0.29) is 0 Å². The van der Waals surface area contributed by atoms with Crippen molar-refractivity contribution in [1.29, 1.82) is 0 Å². The minimum Gasteiger partial charge on any atom is -0.464 e. The van der Waals surface area contributed by atoms with Gasteiger partial charge in [0.2, 0.25) is 0 Å². The Bertz CT molecular complexity index is 984. The van der Waals surface area contributed by atoms with Crippen molar-refractivity contribution < 1.29 is 8.83 Å². The summed E-state index contributed by atoms with van der Waals surface area (Å²) < 4.78 is 11.6. The maximum atomic E-state index is 5.91. The quantitative estimate of drug-likeness (QED) is 0.435. The fraction of sp³-hybridized carbons (Fsp3) is 0.304. The van der Waals surface area contributed by atoms with Gasteiger partial charge in [0.05, 0.1) is 12.8 Å². The molecule has 0 fully saturated rings. The third-order valence-corrected chi connectivity index (χ3v) is 4.98. The molecule has 27 heavy (non-hydrogen) atoms. The Labute approximate surface area is 160 Å². The van der Waals surface area contributed by atoms with Crippen LogP contribution in [0.3, 0.4) is 0 Å². The molecule has 4 rings (SSSR count). The van der Waals surface area contributed by atoms with Gasteiger partial charge in [-0.2, -0.15) is 0 Å². The van der Waals surface area contributed by atoms with Crippen LogP contribution in [-0.4, -0.2) is 37.0 Å². The molecule has 0 bridgehead atoms. The summed E-state index contributed by atoms with van der Waals surface area (Å²) in [5, 5.41) is 2.39. The number of rotatable bonds is 8. The molecule has 0 amide bonds. The molecular formula is C23H26N2O2. The lowest BCUT2D eigenvalue weighted by atomic mass is 10.1. The maximum Gasteiger partial charge on any atom is 0.134 e. The fourth-order valence-corrected chi connectivity index (χ4v) is 3.60. The highest BCUT2D eigenvalue weighted by Gasteiger charge is 2.09. The Kier molecular flexibility index (Phi) is 5.28. The molecule has 4 nitrogen and oxygen atoms in total. The smallest absolute Gasteiger partial charge is 0.134 e. The average Bonchev–Trinajstić information content (AvgIpc) is 3.25. The molecular weight excluding hydrogens is 336 g/mol. The number of benzene rings is 2. The van der Waals surface area contributed by atoms with Crippen LogP contribution in [0.25, 0.3) is 21.9 Å². The second kappa shape index (κ2) is 7.99. The Hall–Kier alpha value is -2.56. The van der Waals surface area contributed by atoms with Gasteiger partial charge in [0.1, 0.15) is 16.9 Å². The Morgan fingerprint density at radius 3 is 2.33 bits per heavy atom.